The topological polar surface area (TPSA) is 73.3 Å². The minimum atomic E-state index is 0.417. The van der Waals surface area contributed by atoms with Crippen molar-refractivity contribution >= 4 is 11.8 Å². The van der Waals surface area contributed by atoms with E-state index in [1.807, 2.05) is 13.8 Å². The van der Waals surface area contributed by atoms with Crippen LogP contribution in [0, 0.1) is 19.8 Å². The van der Waals surface area contributed by atoms with Gasteiger partial charge in [-0.3, -0.25) is 0 Å². The predicted octanol–water partition coefficient (Wildman–Crippen LogP) is 4.50. The molecule has 6 heteroatoms. The molecule has 0 radical (unpaired) electrons. The van der Waals surface area contributed by atoms with Crippen molar-refractivity contribution in [1.82, 2.24) is 15.3 Å². The molecule has 2 aliphatic carbocycles. The molecule has 1 heterocycles. The molecule has 32 heavy (non-hydrogen) atoms. The first kappa shape index (κ1) is 22.8. The highest BCUT2D eigenvalue weighted by atomic mass is 16.3. The van der Waals surface area contributed by atoms with Crippen molar-refractivity contribution in [3.63, 3.8) is 0 Å². The van der Waals surface area contributed by atoms with Gasteiger partial charge < -0.3 is 20.6 Å². The zero-order valence-corrected chi connectivity index (χ0v) is 20.2. The quantitative estimate of drug-likeness (QED) is 0.592. The zero-order valence-electron chi connectivity index (χ0n) is 20.2. The Labute approximate surface area is 192 Å². The Morgan fingerprint density at radius 1 is 1.00 bits per heavy atom. The van der Waals surface area contributed by atoms with Gasteiger partial charge in [-0.25, -0.2) is 4.98 Å². The molecule has 2 aromatic rings. The number of aromatic nitrogens is 2. The highest BCUT2D eigenvalue weighted by Crippen LogP contribution is 2.30. The highest BCUT2D eigenvalue weighted by molar-refractivity contribution is 5.53. The number of phenolic OH excluding ortho intramolecular Hbond substituents is 1. The van der Waals surface area contributed by atoms with Gasteiger partial charge in [0.05, 0.1) is 5.69 Å². The third-order valence-corrected chi connectivity index (χ3v) is 7.08. The van der Waals surface area contributed by atoms with E-state index in [0.29, 0.717) is 17.7 Å². The Kier molecular flexibility index (Phi) is 7.19. The van der Waals surface area contributed by atoms with E-state index in [2.05, 4.69) is 41.8 Å². The fourth-order valence-corrected chi connectivity index (χ4v) is 5.27. The standard InChI is InChI=1S/C26H39N5O/c1-17-13-20(14-18(2)24(17)32)16-27-15-19-9-11-21(12-10-19)28-26-29-23-8-6-5-7-22(23)25(30-26)31(3)4/h13-14,19,21,27,32H,5-12,15-16H2,1-4H3,(H,28,29,30). The second-order valence-corrected chi connectivity index (χ2v) is 9.97. The fourth-order valence-electron chi connectivity index (χ4n) is 5.27. The van der Waals surface area contributed by atoms with Crippen LogP contribution < -0.4 is 15.5 Å². The van der Waals surface area contributed by atoms with Crippen molar-refractivity contribution < 1.29 is 5.11 Å². The van der Waals surface area contributed by atoms with Crippen molar-refractivity contribution in [2.45, 2.75) is 77.8 Å². The summed E-state index contributed by atoms with van der Waals surface area (Å²) in [6, 6.07) is 4.62. The van der Waals surface area contributed by atoms with Gasteiger partial charge in [-0.2, -0.15) is 4.98 Å². The summed E-state index contributed by atoms with van der Waals surface area (Å²) < 4.78 is 0. The van der Waals surface area contributed by atoms with E-state index in [1.165, 1.54) is 55.3 Å². The van der Waals surface area contributed by atoms with Gasteiger partial charge in [0.2, 0.25) is 5.95 Å². The van der Waals surface area contributed by atoms with Gasteiger partial charge in [0.25, 0.3) is 0 Å². The van der Waals surface area contributed by atoms with Gasteiger partial charge in [-0.1, -0.05) is 12.1 Å². The maximum Gasteiger partial charge on any atom is 0.225 e. The third kappa shape index (κ3) is 5.34. The molecule has 0 unspecified atom stereocenters. The van der Waals surface area contributed by atoms with E-state index < -0.39 is 0 Å². The van der Waals surface area contributed by atoms with Crippen LogP contribution in [0.2, 0.25) is 0 Å². The van der Waals surface area contributed by atoms with Crippen molar-refractivity contribution in [1.29, 1.82) is 0 Å². The van der Waals surface area contributed by atoms with Crippen LogP contribution in [0.25, 0.3) is 0 Å². The second-order valence-electron chi connectivity index (χ2n) is 9.97. The summed E-state index contributed by atoms with van der Waals surface area (Å²) in [5.41, 5.74) is 5.75. The van der Waals surface area contributed by atoms with E-state index in [4.69, 9.17) is 9.97 Å². The predicted molar refractivity (Wildman–Crippen MR) is 132 cm³/mol. The normalized spacial score (nSPS) is 20.6. The van der Waals surface area contributed by atoms with E-state index >= 15 is 0 Å². The lowest BCUT2D eigenvalue weighted by Crippen LogP contribution is -2.32. The van der Waals surface area contributed by atoms with E-state index in [9.17, 15) is 5.11 Å². The summed E-state index contributed by atoms with van der Waals surface area (Å²) in [5.74, 6) is 3.04. The molecular formula is C26H39N5O. The second kappa shape index (κ2) is 10.1. The molecule has 1 saturated carbocycles. The number of fused-ring (bicyclic) bond motifs is 1. The summed E-state index contributed by atoms with van der Waals surface area (Å²) in [5, 5.41) is 17.2. The molecule has 0 bridgehead atoms. The lowest BCUT2D eigenvalue weighted by molar-refractivity contribution is 0.323. The van der Waals surface area contributed by atoms with Crippen LogP contribution in [0.5, 0.6) is 5.75 Å². The summed E-state index contributed by atoms with van der Waals surface area (Å²) >= 11 is 0. The first-order valence-corrected chi connectivity index (χ1v) is 12.2. The van der Waals surface area contributed by atoms with Gasteiger partial charge >= 0.3 is 0 Å². The SMILES string of the molecule is Cc1cc(CNCC2CCC(Nc3nc4c(c(N(C)C)n3)CCCC4)CC2)cc(C)c1O. The first-order valence-electron chi connectivity index (χ1n) is 12.2. The van der Waals surface area contributed by atoms with Crippen molar-refractivity contribution in [2.75, 3.05) is 30.9 Å². The molecule has 1 aromatic carbocycles. The third-order valence-electron chi connectivity index (χ3n) is 7.08. The van der Waals surface area contributed by atoms with Crippen LogP contribution in [-0.2, 0) is 19.4 Å². The van der Waals surface area contributed by atoms with Crippen LogP contribution in [0.15, 0.2) is 12.1 Å². The number of hydrogen-bond donors (Lipinski definition) is 3. The number of nitrogens with zero attached hydrogens (tertiary/aromatic N) is 3. The minimum Gasteiger partial charge on any atom is -0.507 e. The number of phenols is 1. The Bertz CT molecular complexity index is 911. The molecule has 3 N–H and O–H groups in total. The number of aromatic hydroxyl groups is 1. The van der Waals surface area contributed by atoms with Gasteiger partial charge in [0.15, 0.2) is 0 Å². The molecule has 6 nitrogen and oxygen atoms in total. The van der Waals surface area contributed by atoms with E-state index in [0.717, 1.165) is 48.8 Å². The average molecular weight is 438 g/mol. The Hall–Kier alpha value is -2.34. The van der Waals surface area contributed by atoms with Crippen molar-refractivity contribution in [2.24, 2.45) is 5.92 Å². The molecule has 0 saturated heterocycles. The van der Waals surface area contributed by atoms with E-state index in [-0.39, 0.29) is 0 Å². The molecule has 0 aliphatic heterocycles. The molecule has 2 aliphatic rings. The molecule has 1 fully saturated rings. The monoisotopic (exact) mass is 437 g/mol. The molecule has 0 amide bonds. The Morgan fingerprint density at radius 3 is 2.38 bits per heavy atom. The van der Waals surface area contributed by atoms with Crippen molar-refractivity contribution in [3.8, 4) is 5.75 Å². The summed E-state index contributed by atoms with van der Waals surface area (Å²) in [6.07, 6.45) is 9.44. The number of rotatable bonds is 7. The van der Waals surface area contributed by atoms with Crippen LogP contribution in [0.1, 0.15) is 66.5 Å². The molecular weight excluding hydrogens is 398 g/mol. The maximum atomic E-state index is 9.95. The lowest BCUT2D eigenvalue weighted by atomic mass is 9.86. The zero-order chi connectivity index (χ0) is 22.7. The highest BCUT2D eigenvalue weighted by Gasteiger charge is 2.24. The number of aryl methyl sites for hydroxylation is 3. The molecule has 0 spiro atoms. The van der Waals surface area contributed by atoms with Crippen LogP contribution in [0.4, 0.5) is 11.8 Å². The van der Waals surface area contributed by atoms with Gasteiger partial charge in [-0.05, 0) is 94.4 Å². The maximum absolute atomic E-state index is 9.95. The fraction of sp³-hybridized carbons (Fsp3) is 0.615. The number of nitrogens with one attached hydrogen (secondary N) is 2. The number of anilines is 2. The van der Waals surface area contributed by atoms with Crippen LogP contribution in [0.3, 0.4) is 0 Å². The van der Waals surface area contributed by atoms with Crippen molar-refractivity contribution in [3.05, 3.63) is 40.1 Å². The van der Waals surface area contributed by atoms with Crippen LogP contribution in [-0.4, -0.2) is 41.8 Å². The molecule has 4 rings (SSSR count). The Morgan fingerprint density at radius 2 is 1.69 bits per heavy atom. The number of benzene rings is 1. The minimum absolute atomic E-state index is 0.417. The lowest BCUT2D eigenvalue weighted by Gasteiger charge is -2.30. The van der Waals surface area contributed by atoms with E-state index in [1.54, 1.807) is 0 Å². The first-order chi connectivity index (χ1) is 15.4. The molecule has 1 aromatic heterocycles. The van der Waals surface area contributed by atoms with Gasteiger partial charge in [-0.15, -0.1) is 0 Å². The summed E-state index contributed by atoms with van der Waals surface area (Å²) in [7, 11) is 4.17. The number of hydrogen-bond acceptors (Lipinski definition) is 6. The van der Waals surface area contributed by atoms with Gasteiger partial charge in [0, 0.05) is 32.2 Å². The molecule has 174 valence electrons. The smallest absolute Gasteiger partial charge is 0.225 e. The Balaban J connectivity index is 1.27. The average Bonchev–Trinajstić information content (AvgIpc) is 2.78. The summed E-state index contributed by atoms with van der Waals surface area (Å²) in [4.78, 5) is 11.9. The van der Waals surface area contributed by atoms with Crippen LogP contribution >= 0.6 is 0 Å². The molecule has 0 atom stereocenters. The largest absolute Gasteiger partial charge is 0.507 e. The van der Waals surface area contributed by atoms with Gasteiger partial charge in [0.1, 0.15) is 11.6 Å². The summed E-state index contributed by atoms with van der Waals surface area (Å²) in [6.45, 7) is 5.84.